The van der Waals surface area contributed by atoms with Gasteiger partial charge in [-0.25, -0.2) is 0 Å². The van der Waals surface area contributed by atoms with Gasteiger partial charge in [-0.2, -0.15) is 12.6 Å². The quantitative estimate of drug-likeness (QED) is 0.815. The maximum Gasteiger partial charge on any atom is 0.225 e. The fourth-order valence-corrected chi connectivity index (χ4v) is 1.60. The van der Waals surface area contributed by atoms with Crippen LogP contribution in [-0.2, 0) is 4.79 Å². The third kappa shape index (κ3) is 3.35. The number of hydrogen-bond acceptors (Lipinski definition) is 2. The van der Waals surface area contributed by atoms with E-state index in [2.05, 4.69) is 33.9 Å². The van der Waals surface area contributed by atoms with Crippen LogP contribution >= 0.6 is 28.6 Å². The van der Waals surface area contributed by atoms with Gasteiger partial charge in [0.2, 0.25) is 5.91 Å². The molecule has 0 heterocycles. The molecule has 1 aromatic rings. The lowest BCUT2D eigenvalue weighted by Gasteiger charge is -2.07. The molecule has 0 aliphatic carbocycles. The highest BCUT2D eigenvalue weighted by Crippen LogP contribution is 2.23. The fourth-order valence-electron chi connectivity index (χ4n) is 1.05. The van der Waals surface area contributed by atoms with Gasteiger partial charge in [-0.3, -0.25) is 4.79 Å². The van der Waals surface area contributed by atoms with Crippen molar-refractivity contribution in [2.45, 2.75) is 13.3 Å². The molecule has 14 heavy (non-hydrogen) atoms. The van der Waals surface area contributed by atoms with Crippen LogP contribution in [0.2, 0.25) is 0 Å². The predicted octanol–water partition coefficient (Wildman–Crippen LogP) is 3.02. The van der Waals surface area contributed by atoms with Gasteiger partial charge in [0.15, 0.2) is 0 Å². The molecule has 0 aromatic heterocycles. The molecular formula is C10H12BrNOS. The Bertz CT molecular complexity index is 341. The van der Waals surface area contributed by atoms with Crippen LogP contribution in [0.25, 0.3) is 0 Å². The number of hydrogen-bond donors (Lipinski definition) is 2. The van der Waals surface area contributed by atoms with Crippen LogP contribution in [0.4, 0.5) is 5.69 Å². The first kappa shape index (κ1) is 11.6. The summed E-state index contributed by atoms with van der Waals surface area (Å²) in [7, 11) is 0. The molecule has 2 nitrogen and oxygen atoms in total. The lowest BCUT2D eigenvalue weighted by atomic mass is 10.2. The summed E-state index contributed by atoms with van der Waals surface area (Å²) >= 11 is 7.38. The topological polar surface area (TPSA) is 29.1 Å². The van der Waals surface area contributed by atoms with Crippen molar-refractivity contribution >= 4 is 40.2 Å². The molecule has 0 aliphatic rings. The van der Waals surface area contributed by atoms with Gasteiger partial charge in [-0.05, 0) is 46.3 Å². The summed E-state index contributed by atoms with van der Waals surface area (Å²) in [5.41, 5.74) is 1.94. The molecule has 1 aromatic carbocycles. The molecule has 1 amide bonds. The molecule has 0 saturated heterocycles. The Morgan fingerprint density at radius 3 is 2.93 bits per heavy atom. The second kappa shape index (κ2) is 5.41. The Labute approximate surface area is 97.6 Å². The van der Waals surface area contributed by atoms with Crippen molar-refractivity contribution in [3.63, 3.8) is 0 Å². The summed E-state index contributed by atoms with van der Waals surface area (Å²) in [6.45, 7) is 1.99. The standard InChI is InChI=1S/C10H12BrNOS/c1-7-2-3-8(11)9(6-7)12-10(13)4-5-14/h2-3,6,14H,4-5H2,1H3,(H,12,13). The Morgan fingerprint density at radius 2 is 2.29 bits per heavy atom. The number of thiol groups is 1. The van der Waals surface area contributed by atoms with E-state index in [9.17, 15) is 4.79 Å². The number of anilines is 1. The average Bonchev–Trinajstić information content (AvgIpc) is 2.12. The second-order valence-corrected chi connectivity index (χ2v) is 4.31. The molecule has 0 aliphatic heterocycles. The van der Waals surface area contributed by atoms with Gasteiger partial charge in [0.1, 0.15) is 0 Å². The zero-order valence-electron chi connectivity index (χ0n) is 7.88. The smallest absolute Gasteiger partial charge is 0.225 e. The van der Waals surface area contributed by atoms with Crippen LogP contribution in [0.3, 0.4) is 0 Å². The number of aryl methyl sites for hydroxylation is 1. The number of halogens is 1. The molecule has 0 atom stereocenters. The fraction of sp³-hybridized carbons (Fsp3) is 0.300. The van der Waals surface area contributed by atoms with Crippen molar-refractivity contribution in [3.05, 3.63) is 28.2 Å². The van der Waals surface area contributed by atoms with Crippen molar-refractivity contribution in [2.75, 3.05) is 11.1 Å². The first-order valence-electron chi connectivity index (χ1n) is 4.30. The van der Waals surface area contributed by atoms with E-state index >= 15 is 0 Å². The van der Waals surface area contributed by atoms with Crippen LogP contribution in [0, 0.1) is 6.92 Å². The lowest BCUT2D eigenvalue weighted by Crippen LogP contribution is -2.12. The second-order valence-electron chi connectivity index (χ2n) is 3.01. The van der Waals surface area contributed by atoms with Gasteiger partial charge < -0.3 is 5.32 Å². The van der Waals surface area contributed by atoms with Crippen molar-refractivity contribution in [2.24, 2.45) is 0 Å². The van der Waals surface area contributed by atoms with Gasteiger partial charge in [0.05, 0.1) is 5.69 Å². The van der Waals surface area contributed by atoms with E-state index in [-0.39, 0.29) is 5.91 Å². The Hall–Kier alpha value is -0.480. The zero-order chi connectivity index (χ0) is 10.6. The van der Waals surface area contributed by atoms with Gasteiger partial charge >= 0.3 is 0 Å². The summed E-state index contributed by atoms with van der Waals surface area (Å²) in [5.74, 6) is 0.557. The monoisotopic (exact) mass is 273 g/mol. The molecule has 0 saturated carbocycles. The highest BCUT2D eigenvalue weighted by molar-refractivity contribution is 9.10. The normalized spacial score (nSPS) is 9.93. The predicted molar refractivity (Wildman–Crippen MR) is 66.0 cm³/mol. The summed E-state index contributed by atoms with van der Waals surface area (Å²) in [4.78, 5) is 11.3. The number of carbonyl (C=O) groups is 1. The number of rotatable bonds is 3. The summed E-state index contributed by atoms with van der Waals surface area (Å²) in [6, 6.07) is 5.84. The number of nitrogens with one attached hydrogen (secondary N) is 1. The van der Waals surface area contributed by atoms with Gasteiger partial charge in [-0.15, -0.1) is 0 Å². The molecule has 0 fully saturated rings. The van der Waals surface area contributed by atoms with E-state index < -0.39 is 0 Å². The highest BCUT2D eigenvalue weighted by atomic mass is 79.9. The number of carbonyl (C=O) groups excluding carboxylic acids is 1. The molecule has 1 rings (SSSR count). The van der Waals surface area contributed by atoms with E-state index in [0.29, 0.717) is 12.2 Å². The SMILES string of the molecule is Cc1ccc(Br)c(NC(=O)CCS)c1. The maximum absolute atomic E-state index is 11.3. The molecule has 0 spiro atoms. The van der Waals surface area contributed by atoms with Crippen LogP contribution in [0.1, 0.15) is 12.0 Å². The molecule has 0 radical (unpaired) electrons. The van der Waals surface area contributed by atoms with E-state index in [4.69, 9.17) is 0 Å². The van der Waals surface area contributed by atoms with Crippen molar-refractivity contribution in [1.29, 1.82) is 0 Å². The highest BCUT2D eigenvalue weighted by Gasteiger charge is 2.04. The van der Waals surface area contributed by atoms with Crippen molar-refractivity contribution < 1.29 is 4.79 Å². The van der Waals surface area contributed by atoms with E-state index in [1.165, 1.54) is 0 Å². The molecule has 76 valence electrons. The average molecular weight is 274 g/mol. The third-order valence-electron chi connectivity index (χ3n) is 1.73. The Balaban J connectivity index is 2.75. The largest absolute Gasteiger partial charge is 0.325 e. The van der Waals surface area contributed by atoms with Crippen molar-refractivity contribution in [3.8, 4) is 0 Å². The van der Waals surface area contributed by atoms with Crippen LogP contribution in [0.5, 0.6) is 0 Å². The summed E-state index contributed by atoms with van der Waals surface area (Å²) in [6.07, 6.45) is 0.434. The first-order chi connectivity index (χ1) is 6.63. The van der Waals surface area contributed by atoms with E-state index in [1.807, 2.05) is 25.1 Å². The minimum atomic E-state index is -0.00806. The van der Waals surface area contributed by atoms with Gasteiger partial charge in [0, 0.05) is 10.9 Å². The molecule has 0 bridgehead atoms. The molecule has 4 heteroatoms. The van der Waals surface area contributed by atoms with Crippen LogP contribution in [0.15, 0.2) is 22.7 Å². The summed E-state index contributed by atoms with van der Waals surface area (Å²) in [5, 5.41) is 2.82. The number of benzene rings is 1. The van der Waals surface area contributed by atoms with Crippen LogP contribution < -0.4 is 5.32 Å². The molecule has 0 unspecified atom stereocenters. The Kier molecular flexibility index (Phi) is 4.48. The molecule has 1 N–H and O–H groups in total. The number of amides is 1. The van der Waals surface area contributed by atoms with E-state index in [0.717, 1.165) is 15.7 Å². The van der Waals surface area contributed by atoms with E-state index in [1.54, 1.807) is 0 Å². The zero-order valence-corrected chi connectivity index (χ0v) is 10.4. The van der Waals surface area contributed by atoms with Crippen molar-refractivity contribution in [1.82, 2.24) is 0 Å². The first-order valence-corrected chi connectivity index (χ1v) is 5.73. The lowest BCUT2D eigenvalue weighted by molar-refractivity contribution is -0.115. The van der Waals surface area contributed by atoms with Crippen LogP contribution in [-0.4, -0.2) is 11.7 Å². The van der Waals surface area contributed by atoms with Gasteiger partial charge in [-0.1, -0.05) is 6.07 Å². The Morgan fingerprint density at radius 1 is 1.57 bits per heavy atom. The molecular weight excluding hydrogens is 262 g/mol. The summed E-state index contributed by atoms with van der Waals surface area (Å²) < 4.78 is 0.899. The van der Waals surface area contributed by atoms with Gasteiger partial charge in [0.25, 0.3) is 0 Å². The third-order valence-corrected chi connectivity index (χ3v) is 2.65. The minimum Gasteiger partial charge on any atom is -0.325 e. The maximum atomic E-state index is 11.3. The minimum absolute atomic E-state index is 0.00806.